The predicted molar refractivity (Wildman–Crippen MR) is 125 cm³/mol. The summed E-state index contributed by atoms with van der Waals surface area (Å²) in [6.07, 6.45) is -0.863. The van der Waals surface area contributed by atoms with Gasteiger partial charge in [-0.15, -0.1) is 0 Å². The van der Waals surface area contributed by atoms with E-state index in [1.807, 2.05) is 17.0 Å². The summed E-state index contributed by atoms with van der Waals surface area (Å²) in [6, 6.07) is 10.3. The molecule has 0 N–H and O–H groups in total. The zero-order valence-corrected chi connectivity index (χ0v) is 19.0. The first-order chi connectivity index (χ1) is 16.8. The Morgan fingerprint density at radius 2 is 1.80 bits per heavy atom. The first-order valence-electron chi connectivity index (χ1n) is 11.2. The van der Waals surface area contributed by atoms with E-state index in [1.54, 1.807) is 30.6 Å². The van der Waals surface area contributed by atoms with Crippen molar-refractivity contribution in [2.24, 2.45) is 0 Å². The second kappa shape index (κ2) is 9.14. The first kappa shape index (κ1) is 23.0. The van der Waals surface area contributed by atoms with Crippen molar-refractivity contribution in [3.63, 3.8) is 0 Å². The van der Waals surface area contributed by atoms with Crippen molar-refractivity contribution < 1.29 is 22.7 Å². The molecule has 1 amide bonds. The maximum absolute atomic E-state index is 13.0. The van der Waals surface area contributed by atoms with Crippen molar-refractivity contribution in [1.82, 2.24) is 15.0 Å². The van der Waals surface area contributed by atoms with Gasteiger partial charge in [0, 0.05) is 61.6 Å². The van der Waals surface area contributed by atoms with Gasteiger partial charge >= 0.3 is 12.1 Å². The maximum Gasteiger partial charge on any atom is 0.471 e. The summed E-state index contributed by atoms with van der Waals surface area (Å²) < 4.78 is 44.5. The van der Waals surface area contributed by atoms with E-state index in [0.717, 1.165) is 24.1 Å². The van der Waals surface area contributed by atoms with Crippen LogP contribution >= 0.6 is 0 Å². The number of amides is 1. The molecule has 2 aliphatic rings. The van der Waals surface area contributed by atoms with Gasteiger partial charge in [0.15, 0.2) is 0 Å². The van der Waals surface area contributed by atoms with Gasteiger partial charge in [-0.05, 0) is 30.7 Å². The molecule has 0 aliphatic carbocycles. The number of carbonyl (C=O) groups excluding carboxylic acids is 1. The van der Waals surface area contributed by atoms with Gasteiger partial charge in [-0.25, -0.2) is 4.98 Å². The molecule has 0 spiro atoms. The molecule has 8 nitrogen and oxygen atoms in total. The van der Waals surface area contributed by atoms with Crippen LogP contribution in [0, 0.1) is 0 Å². The summed E-state index contributed by atoms with van der Waals surface area (Å²) in [6.45, 7) is 3.07. The monoisotopic (exact) mass is 484 g/mol. The Balaban J connectivity index is 1.60. The van der Waals surface area contributed by atoms with Gasteiger partial charge in [-0.1, -0.05) is 12.1 Å². The number of anilines is 4. The van der Waals surface area contributed by atoms with Crippen LogP contribution in [0.1, 0.15) is 5.56 Å². The smallest absolute Gasteiger partial charge is 0.378 e. The van der Waals surface area contributed by atoms with Gasteiger partial charge in [0.2, 0.25) is 5.95 Å². The molecule has 0 radical (unpaired) electrons. The average Bonchev–Trinajstić information content (AvgIpc) is 3.32. The summed E-state index contributed by atoms with van der Waals surface area (Å²) in [7, 11) is 1.11. The van der Waals surface area contributed by atoms with Gasteiger partial charge < -0.3 is 19.4 Å². The van der Waals surface area contributed by atoms with Crippen LogP contribution in [0.25, 0.3) is 11.3 Å². The molecule has 4 heterocycles. The molecule has 2 aromatic heterocycles. The molecule has 5 rings (SSSR count). The number of aromatic nitrogens is 3. The zero-order chi connectivity index (χ0) is 24.6. The van der Waals surface area contributed by atoms with Crippen molar-refractivity contribution in [3.8, 4) is 11.3 Å². The molecule has 0 bridgehead atoms. The van der Waals surface area contributed by atoms with Crippen molar-refractivity contribution in [3.05, 3.63) is 54.4 Å². The molecule has 182 valence electrons. The van der Waals surface area contributed by atoms with Crippen LogP contribution in [-0.2, 0) is 16.0 Å². The topological polar surface area (TPSA) is 74.7 Å². The SMILES string of the molecule is CN(C(=O)C(F)(F)F)c1cccc(-c2nc(N3CCOCC3)nc3c2CCN3c2ccncc2)c1. The van der Waals surface area contributed by atoms with Gasteiger partial charge in [-0.3, -0.25) is 9.78 Å². The number of nitrogens with zero attached hydrogens (tertiary/aromatic N) is 6. The molecule has 0 unspecified atom stereocenters. The Labute approximate surface area is 200 Å². The molecule has 1 aromatic carbocycles. The lowest BCUT2D eigenvalue weighted by atomic mass is 10.0. The van der Waals surface area contributed by atoms with Gasteiger partial charge in [0.1, 0.15) is 5.82 Å². The van der Waals surface area contributed by atoms with E-state index >= 15 is 0 Å². The largest absolute Gasteiger partial charge is 0.471 e. The van der Waals surface area contributed by atoms with Crippen LogP contribution < -0.4 is 14.7 Å². The number of ether oxygens (including phenoxy) is 1. The number of morpholine rings is 1. The molecule has 3 aromatic rings. The van der Waals surface area contributed by atoms with Crippen LogP contribution in [0.5, 0.6) is 0 Å². The molecule has 1 saturated heterocycles. The maximum atomic E-state index is 13.0. The van der Waals surface area contributed by atoms with Crippen LogP contribution in [0.15, 0.2) is 48.8 Å². The number of benzene rings is 1. The Kier molecular flexibility index (Phi) is 6.01. The van der Waals surface area contributed by atoms with E-state index in [9.17, 15) is 18.0 Å². The van der Waals surface area contributed by atoms with Crippen LogP contribution in [-0.4, -0.2) is 66.9 Å². The predicted octanol–water partition coefficient (Wildman–Crippen LogP) is 3.59. The van der Waals surface area contributed by atoms with Crippen LogP contribution in [0.3, 0.4) is 0 Å². The van der Waals surface area contributed by atoms with Crippen LogP contribution in [0.2, 0.25) is 0 Å². The van der Waals surface area contributed by atoms with E-state index in [0.29, 0.717) is 61.4 Å². The fourth-order valence-electron chi connectivity index (χ4n) is 4.33. The highest BCUT2D eigenvalue weighted by molar-refractivity contribution is 5.97. The second-order valence-electron chi connectivity index (χ2n) is 8.29. The normalized spacial score (nSPS) is 15.8. The number of rotatable bonds is 4. The molecular formula is C24H23F3N6O2. The molecule has 0 atom stereocenters. The second-order valence-corrected chi connectivity index (χ2v) is 8.29. The van der Waals surface area contributed by atoms with Crippen molar-refractivity contribution in [2.45, 2.75) is 12.6 Å². The van der Waals surface area contributed by atoms with Crippen LogP contribution in [0.4, 0.5) is 36.3 Å². The zero-order valence-electron chi connectivity index (χ0n) is 19.0. The van der Waals surface area contributed by atoms with E-state index < -0.39 is 12.1 Å². The van der Waals surface area contributed by atoms with E-state index in [-0.39, 0.29) is 5.69 Å². The number of halogens is 3. The third-order valence-electron chi connectivity index (χ3n) is 6.14. The summed E-state index contributed by atoms with van der Waals surface area (Å²) in [5.41, 5.74) is 3.24. The summed E-state index contributed by atoms with van der Waals surface area (Å²) in [5.74, 6) is -0.638. The highest BCUT2D eigenvalue weighted by Gasteiger charge is 2.41. The number of carbonyl (C=O) groups is 1. The van der Waals surface area contributed by atoms with E-state index in [4.69, 9.17) is 14.7 Å². The number of alkyl halides is 3. The van der Waals surface area contributed by atoms with Gasteiger partial charge in [-0.2, -0.15) is 18.2 Å². The van der Waals surface area contributed by atoms with Crippen molar-refractivity contribution in [1.29, 1.82) is 0 Å². The Morgan fingerprint density at radius 3 is 2.51 bits per heavy atom. The lowest BCUT2D eigenvalue weighted by Crippen LogP contribution is -2.38. The third kappa shape index (κ3) is 4.51. The standard InChI is InChI=1S/C24H23F3N6O2/c1-31(22(34)24(25,26)27)18-4-2-3-16(15-18)20-19-7-10-33(17-5-8-28-9-6-17)21(19)30-23(29-20)32-11-13-35-14-12-32/h2-6,8-9,15H,7,10-14H2,1H3. The summed E-state index contributed by atoms with van der Waals surface area (Å²) in [5, 5.41) is 0. The molecular weight excluding hydrogens is 461 g/mol. The highest BCUT2D eigenvalue weighted by atomic mass is 19.4. The van der Waals surface area contributed by atoms with E-state index in [1.165, 1.54) is 6.07 Å². The number of pyridine rings is 1. The Morgan fingerprint density at radius 1 is 1.06 bits per heavy atom. The van der Waals surface area contributed by atoms with Crippen molar-refractivity contribution in [2.75, 3.05) is 54.6 Å². The fraction of sp³-hybridized carbons (Fsp3) is 0.333. The number of fused-ring (bicyclic) bond motifs is 1. The first-order valence-corrected chi connectivity index (χ1v) is 11.2. The lowest BCUT2D eigenvalue weighted by Gasteiger charge is -2.28. The summed E-state index contributed by atoms with van der Waals surface area (Å²) >= 11 is 0. The fourth-order valence-corrected chi connectivity index (χ4v) is 4.33. The molecule has 1 fully saturated rings. The number of hydrogen-bond acceptors (Lipinski definition) is 7. The Hall–Kier alpha value is -3.73. The minimum Gasteiger partial charge on any atom is -0.378 e. The highest BCUT2D eigenvalue weighted by Crippen LogP contribution is 2.40. The van der Waals surface area contributed by atoms with Gasteiger partial charge in [0.05, 0.1) is 18.9 Å². The van der Waals surface area contributed by atoms with E-state index in [2.05, 4.69) is 9.88 Å². The average molecular weight is 484 g/mol. The lowest BCUT2D eigenvalue weighted by molar-refractivity contribution is -0.170. The Bertz CT molecular complexity index is 1230. The van der Waals surface area contributed by atoms with Gasteiger partial charge in [0.25, 0.3) is 0 Å². The summed E-state index contributed by atoms with van der Waals surface area (Å²) in [4.78, 5) is 30.4. The third-order valence-corrected chi connectivity index (χ3v) is 6.14. The molecule has 0 saturated carbocycles. The molecule has 35 heavy (non-hydrogen) atoms. The molecule has 2 aliphatic heterocycles. The van der Waals surface area contributed by atoms with Crippen molar-refractivity contribution >= 4 is 29.0 Å². The minimum absolute atomic E-state index is 0.133. The minimum atomic E-state index is -4.96. The molecule has 11 heteroatoms. The quantitative estimate of drug-likeness (QED) is 0.560. The number of hydrogen-bond donors (Lipinski definition) is 0.